The summed E-state index contributed by atoms with van der Waals surface area (Å²) in [5.41, 5.74) is 5.82. The van der Waals surface area contributed by atoms with Crippen molar-refractivity contribution in [3.63, 3.8) is 0 Å². The SMILES string of the molecule is C=NN(C)Oc1nc(N2CCOCC2)nc(N)c1S. The second kappa shape index (κ2) is 5.93. The van der Waals surface area contributed by atoms with Crippen LogP contribution in [0.3, 0.4) is 0 Å². The molecule has 1 aliphatic heterocycles. The van der Waals surface area contributed by atoms with Crippen molar-refractivity contribution in [2.24, 2.45) is 5.10 Å². The summed E-state index contributed by atoms with van der Waals surface area (Å²) in [5, 5.41) is 4.76. The Kier molecular flexibility index (Phi) is 4.27. The van der Waals surface area contributed by atoms with Gasteiger partial charge in [-0.2, -0.15) is 15.1 Å². The van der Waals surface area contributed by atoms with Crippen LogP contribution in [0.1, 0.15) is 0 Å². The topological polar surface area (TPSA) is 89.1 Å². The zero-order valence-electron chi connectivity index (χ0n) is 10.6. The van der Waals surface area contributed by atoms with E-state index in [1.165, 1.54) is 5.17 Å². The minimum atomic E-state index is 0.243. The molecule has 0 unspecified atom stereocenters. The van der Waals surface area contributed by atoms with E-state index in [2.05, 4.69) is 34.4 Å². The van der Waals surface area contributed by atoms with Crippen molar-refractivity contribution in [3.05, 3.63) is 0 Å². The molecular formula is C10H16N6O2S. The Morgan fingerprint density at radius 2 is 2.16 bits per heavy atom. The molecule has 1 aromatic heterocycles. The molecule has 0 aliphatic carbocycles. The maximum Gasteiger partial charge on any atom is 0.268 e. The zero-order valence-corrected chi connectivity index (χ0v) is 11.5. The summed E-state index contributed by atoms with van der Waals surface area (Å²) in [4.78, 5) is 16.2. The number of hydroxylamine groups is 1. The highest BCUT2D eigenvalue weighted by atomic mass is 32.1. The average Bonchev–Trinajstić information content (AvgIpc) is 2.44. The Morgan fingerprint density at radius 1 is 1.47 bits per heavy atom. The molecule has 2 rings (SSSR count). The summed E-state index contributed by atoms with van der Waals surface area (Å²) in [5.74, 6) is 0.991. The lowest BCUT2D eigenvalue weighted by atomic mass is 10.4. The second-order valence-corrected chi connectivity index (χ2v) is 4.31. The number of rotatable bonds is 4. The fourth-order valence-corrected chi connectivity index (χ4v) is 1.70. The van der Waals surface area contributed by atoms with Gasteiger partial charge in [-0.05, 0) is 0 Å². The summed E-state index contributed by atoms with van der Waals surface area (Å²) in [6.07, 6.45) is 0. The van der Waals surface area contributed by atoms with Crippen molar-refractivity contribution >= 4 is 31.1 Å². The van der Waals surface area contributed by atoms with Crippen molar-refractivity contribution in [1.29, 1.82) is 0 Å². The van der Waals surface area contributed by atoms with E-state index in [-0.39, 0.29) is 11.7 Å². The lowest BCUT2D eigenvalue weighted by Crippen LogP contribution is -2.37. The van der Waals surface area contributed by atoms with Crippen LogP contribution in [0.4, 0.5) is 11.8 Å². The van der Waals surface area contributed by atoms with Gasteiger partial charge in [0.25, 0.3) is 5.88 Å². The summed E-state index contributed by atoms with van der Waals surface area (Å²) >= 11 is 4.23. The Morgan fingerprint density at radius 3 is 2.79 bits per heavy atom. The van der Waals surface area contributed by atoms with Crippen LogP contribution in [-0.4, -0.2) is 55.2 Å². The number of hydrogen-bond acceptors (Lipinski definition) is 9. The van der Waals surface area contributed by atoms with Crippen LogP contribution in [-0.2, 0) is 4.74 Å². The first kappa shape index (κ1) is 13.7. The number of nitrogen functional groups attached to an aromatic ring is 1. The third kappa shape index (κ3) is 3.18. The normalized spacial score (nSPS) is 15.2. The molecule has 0 aromatic carbocycles. The van der Waals surface area contributed by atoms with Crippen LogP contribution in [0.2, 0.25) is 0 Å². The van der Waals surface area contributed by atoms with Gasteiger partial charge in [-0.25, -0.2) is 0 Å². The maximum atomic E-state index is 5.82. The number of morpholine rings is 1. The van der Waals surface area contributed by atoms with Crippen LogP contribution in [0.5, 0.6) is 5.88 Å². The Balaban J connectivity index is 2.27. The van der Waals surface area contributed by atoms with Gasteiger partial charge >= 0.3 is 0 Å². The Bertz CT molecular complexity index is 466. The molecule has 19 heavy (non-hydrogen) atoms. The molecule has 104 valence electrons. The van der Waals surface area contributed by atoms with Gasteiger partial charge in [-0.15, -0.1) is 17.8 Å². The molecule has 1 aliphatic rings. The molecule has 1 fully saturated rings. The third-order valence-electron chi connectivity index (χ3n) is 2.58. The van der Waals surface area contributed by atoms with Gasteiger partial charge in [0.2, 0.25) is 5.95 Å². The fraction of sp³-hybridized carbons (Fsp3) is 0.500. The second-order valence-electron chi connectivity index (χ2n) is 3.86. The monoisotopic (exact) mass is 284 g/mol. The predicted octanol–water partition coefficient (Wildman–Crippen LogP) is 0.0253. The molecule has 2 N–H and O–H groups in total. The number of nitrogens with two attached hydrogens (primary N) is 1. The minimum absolute atomic E-state index is 0.243. The van der Waals surface area contributed by atoms with E-state index in [1.807, 2.05) is 4.90 Å². The smallest absolute Gasteiger partial charge is 0.268 e. The zero-order chi connectivity index (χ0) is 13.8. The number of hydrazone groups is 1. The van der Waals surface area contributed by atoms with Gasteiger partial charge in [-0.1, -0.05) is 0 Å². The summed E-state index contributed by atoms with van der Waals surface area (Å²) in [6.45, 7) is 6.03. The van der Waals surface area contributed by atoms with Crippen LogP contribution in [0, 0.1) is 0 Å². The van der Waals surface area contributed by atoms with Crippen molar-refractivity contribution in [2.75, 3.05) is 44.0 Å². The van der Waals surface area contributed by atoms with Gasteiger partial charge in [0.1, 0.15) is 10.7 Å². The van der Waals surface area contributed by atoms with E-state index in [9.17, 15) is 0 Å². The Labute approximate surface area is 116 Å². The van der Waals surface area contributed by atoms with Crippen molar-refractivity contribution < 1.29 is 9.57 Å². The number of thiol groups is 1. The Hall–Kier alpha value is -1.74. The third-order valence-corrected chi connectivity index (χ3v) is 3.00. The predicted molar refractivity (Wildman–Crippen MR) is 74.7 cm³/mol. The van der Waals surface area contributed by atoms with Crippen LogP contribution in [0.15, 0.2) is 10.00 Å². The van der Waals surface area contributed by atoms with E-state index >= 15 is 0 Å². The first-order valence-electron chi connectivity index (χ1n) is 5.69. The van der Waals surface area contributed by atoms with Gasteiger partial charge in [0.15, 0.2) is 0 Å². The number of anilines is 2. The lowest BCUT2D eigenvalue weighted by Gasteiger charge is -2.27. The van der Waals surface area contributed by atoms with Crippen molar-refractivity contribution in [3.8, 4) is 5.88 Å². The van der Waals surface area contributed by atoms with Crippen LogP contribution in [0.25, 0.3) is 0 Å². The van der Waals surface area contributed by atoms with E-state index in [0.717, 1.165) is 0 Å². The molecule has 0 bridgehead atoms. The highest BCUT2D eigenvalue weighted by Crippen LogP contribution is 2.28. The highest BCUT2D eigenvalue weighted by molar-refractivity contribution is 7.80. The molecule has 2 heterocycles. The lowest BCUT2D eigenvalue weighted by molar-refractivity contribution is -0.0358. The molecule has 9 heteroatoms. The van der Waals surface area contributed by atoms with Gasteiger partial charge in [-0.3, -0.25) is 0 Å². The largest absolute Gasteiger partial charge is 0.382 e. The van der Waals surface area contributed by atoms with Gasteiger partial charge < -0.3 is 20.2 Å². The van der Waals surface area contributed by atoms with Gasteiger partial charge in [0.05, 0.1) is 20.3 Å². The molecule has 1 saturated heterocycles. The molecule has 0 spiro atoms. The molecular weight excluding hydrogens is 268 g/mol. The number of ether oxygens (including phenoxy) is 1. The van der Waals surface area contributed by atoms with Crippen LogP contribution < -0.4 is 15.5 Å². The summed E-state index contributed by atoms with van der Waals surface area (Å²) < 4.78 is 5.28. The summed E-state index contributed by atoms with van der Waals surface area (Å²) in [7, 11) is 1.59. The molecule has 1 aromatic rings. The quantitative estimate of drug-likeness (QED) is 0.458. The molecule has 8 nitrogen and oxygen atoms in total. The first-order valence-corrected chi connectivity index (χ1v) is 6.14. The maximum absolute atomic E-state index is 5.82. The first-order chi connectivity index (χ1) is 9.11. The van der Waals surface area contributed by atoms with E-state index in [0.29, 0.717) is 37.1 Å². The van der Waals surface area contributed by atoms with E-state index < -0.39 is 0 Å². The van der Waals surface area contributed by atoms with E-state index in [4.69, 9.17) is 15.3 Å². The molecule has 0 saturated carbocycles. The fourth-order valence-electron chi connectivity index (χ4n) is 1.56. The summed E-state index contributed by atoms with van der Waals surface area (Å²) in [6, 6.07) is 0. The van der Waals surface area contributed by atoms with Crippen molar-refractivity contribution in [2.45, 2.75) is 4.90 Å². The average molecular weight is 284 g/mol. The number of nitrogens with zero attached hydrogens (tertiary/aromatic N) is 5. The molecule has 0 amide bonds. The number of aromatic nitrogens is 2. The standard InChI is InChI=1S/C10H16N6O2S/c1-12-15(2)18-9-7(19)8(11)13-10(14-9)16-3-5-17-6-4-16/h19H,1,3-6H2,2H3,(H2,11,13,14). The van der Waals surface area contributed by atoms with E-state index in [1.54, 1.807) is 7.05 Å². The molecule has 0 radical (unpaired) electrons. The molecule has 0 atom stereocenters. The number of hydrogen-bond donors (Lipinski definition) is 2. The van der Waals surface area contributed by atoms with Gasteiger partial charge in [0, 0.05) is 19.8 Å². The minimum Gasteiger partial charge on any atom is -0.382 e. The van der Waals surface area contributed by atoms with Crippen molar-refractivity contribution in [1.82, 2.24) is 15.1 Å². The highest BCUT2D eigenvalue weighted by Gasteiger charge is 2.19. The van der Waals surface area contributed by atoms with Crippen LogP contribution >= 0.6 is 12.6 Å².